The number of benzene rings is 2. The Morgan fingerprint density at radius 1 is 0.613 bits per heavy atom. The van der Waals surface area contributed by atoms with Crippen LogP contribution in [-0.2, 0) is 19.4 Å². The van der Waals surface area contributed by atoms with E-state index in [4.69, 9.17) is 4.74 Å². The van der Waals surface area contributed by atoms with Gasteiger partial charge < -0.3 is 4.74 Å². The van der Waals surface area contributed by atoms with Gasteiger partial charge in [0, 0.05) is 5.56 Å². The highest BCUT2D eigenvalue weighted by Gasteiger charge is 2.04. The van der Waals surface area contributed by atoms with Gasteiger partial charge in [-0.25, -0.2) is 9.97 Å². The van der Waals surface area contributed by atoms with Gasteiger partial charge in [-0.2, -0.15) is 0 Å². The van der Waals surface area contributed by atoms with Crippen molar-refractivity contribution in [1.82, 2.24) is 9.97 Å². The summed E-state index contributed by atoms with van der Waals surface area (Å²) >= 11 is 0. The van der Waals surface area contributed by atoms with Gasteiger partial charge in [0.05, 0.1) is 18.1 Å². The zero-order valence-corrected chi connectivity index (χ0v) is 19.1. The summed E-state index contributed by atoms with van der Waals surface area (Å²) in [5.74, 6) is 0.559. The first-order chi connectivity index (χ1) is 15.3. The van der Waals surface area contributed by atoms with Crippen LogP contribution in [0.25, 0.3) is 11.3 Å². The summed E-state index contributed by atoms with van der Waals surface area (Å²) in [6, 6.07) is 17.4. The lowest BCUT2D eigenvalue weighted by Crippen LogP contribution is -1.98. The number of ether oxygens (including phenoxy) is 1. The molecule has 3 nitrogen and oxygen atoms in total. The van der Waals surface area contributed by atoms with Crippen LogP contribution in [0.5, 0.6) is 5.88 Å². The van der Waals surface area contributed by atoms with Crippen LogP contribution < -0.4 is 4.74 Å². The molecule has 0 N–H and O–H groups in total. The summed E-state index contributed by atoms with van der Waals surface area (Å²) in [5.41, 5.74) is 5.91. The molecule has 2 aromatic carbocycles. The van der Waals surface area contributed by atoms with E-state index in [-0.39, 0.29) is 0 Å². The molecule has 3 rings (SSSR count). The van der Waals surface area contributed by atoms with Crippen molar-refractivity contribution in [1.29, 1.82) is 0 Å². The van der Waals surface area contributed by atoms with E-state index >= 15 is 0 Å². The van der Waals surface area contributed by atoms with Crippen molar-refractivity contribution < 1.29 is 4.74 Å². The maximum atomic E-state index is 5.83. The summed E-state index contributed by atoms with van der Waals surface area (Å²) in [6.45, 7) is 5.00. The molecule has 0 fully saturated rings. The van der Waals surface area contributed by atoms with Gasteiger partial charge in [-0.1, -0.05) is 94.5 Å². The quantitative estimate of drug-likeness (QED) is 0.269. The van der Waals surface area contributed by atoms with Crippen LogP contribution in [0.1, 0.15) is 75.5 Å². The summed E-state index contributed by atoms with van der Waals surface area (Å²) in [4.78, 5) is 8.99. The number of aryl methyl sites for hydroxylation is 2. The zero-order chi connectivity index (χ0) is 21.7. The van der Waals surface area contributed by atoms with E-state index in [0.717, 1.165) is 29.7 Å². The average molecular weight is 417 g/mol. The molecule has 164 valence electrons. The molecule has 1 aromatic heterocycles. The first-order valence-corrected chi connectivity index (χ1v) is 11.9. The van der Waals surface area contributed by atoms with Gasteiger partial charge in [0.25, 0.3) is 0 Å². The zero-order valence-electron chi connectivity index (χ0n) is 19.1. The number of hydrogen-bond donors (Lipinski definition) is 0. The molecule has 3 heteroatoms. The molecule has 0 amide bonds. The maximum absolute atomic E-state index is 5.83. The summed E-state index contributed by atoms with van der Waals surface area (Å²) in [7, 11) is 0. The van der Waals surface area contributed by atoms with Gasteiger partial charge in [0.1, 0.15) is 6.61 Å². The van der Waals surface area contributed by atoms with Gasteiger partial charge in [0.15, 0.2) is 0 Å². The fourth-order valence-electron chi connectivity index (χ4n) is 3.68. The fraction of sp³-hybridized carbons (Fsp3) is 0.429. The monoisotopic (exact) mass is 416 g/mol. The third kappa shape index (κ3) is 7.82. The Morgan fingerprint density at radius 2 is 1.19 bits per heavy atom. The molecular formula is C28H36N2O. The second-order valence-corrected chi connectivity index (χ2v) is 8.31. The molecule has 0 unspecified atom stereocenters. The lowest BCUT2D eigenvalue weighted by Gasteiger charge is -2.08. The minimum Gasteiger partial charge on any atom is -0.472 e. The predicted molar refractivity (Wildman–Crippen MR) is 129 cm³/mol. The number of unbranched alkanes of at least 4 members (excludes halogenated alkanes) is 5. The smallest absolute Gasteiger partial charge is 0.232 e. The van der Waals surface area contributed by atoms with Crippen molar-refractivity contribution in [3.8, 4) is 17.1 Å². The Balaban J connectivity index is 1.47. The third-order valence-electron chi connectivity index (χ3n) is 5.68. The van der Waals surface area contributed by atoms with Gasteiger partial charge in [-0.05, 0) is 42.4 Å². The van der Waals surface area contributed by atoms with Crippen LogP contribution in [0, 0.1) is 0 Å². The normalized spacial score (nSPS) is 10.9. The highest BCUT2D eigenvalue weighted by Crippen LogP contribution is 2.20. The maximum Gasteiger partial charge on any atom is 0.232 e. The molecule has 3 aromatic rings. The van der Waals surface area contributed by atoms with Crippen LogP contribution in [0.15, 0.2) is 60.9 Å². The van der Waals surface area contributed by atoms with Crippen LogP contribution in [0.4, 0.5) is 0 Å². The molecule has 1 heterocycles. The number of rotatable bonds is 13. The van der Waals surface area contributed by atoms with Crippen molar-refractivity contribution in [3.63, 3.8) is 0 Å². The van der Waals surface area contributed by atoms with Gasteiger partial charge in [0.2, 0.25) is 5.88 Å². The third-order valence-corrected chi connectivity index (χ3v) is 5.68. The van der Waals surface area contributed by atoms with Crippen molar-refractivity contribution in [2.45, 2.75) is 78.2 Å². The summed E-state index contributed by atoms with van der Waals surface area (Å²) < 4.78 is 5.83. The summed E-state index contributed by atoms with van der Waals surface area (Å²) in [6.07, 6.45) is 14.8. The van der Waals surface area contributed by atoms with E-state index in [1.807, 2.05) is 0 Å². The highest BCUT2D eigenvalue weighted by molar-refractivity contribution is 5.58. The molecule has 0 atom stereocenters. The Kier molecular flexibility index (Phi) is 9.56. The van der Waals surface area contributed by atoms with E-state index in [9.17, 15) is 0 Å². The molecule has 0 aliphatic rings. The lowest BCUT2D eigenvalue weighted by atomic mass is 10.0. The first-order valence-electron chi connectivity index (χ1n) is 11.9. The SMILES string of the molecule is CCCCCCc1ccc(-c2cnc(OCc3ccc(CCCCC)cc3)cn2)cc1. The molecule has 0 radical (unpaired) electrons. The minimum atomic E-state index is 0.510. The second kappa shape index (κ2) is 12.9. The molecule has 0 saturated heterocycles. The number of hydrogen-bond acceptors (Lipinski definition) is 3. The van der Waals surface area contributed by atoms with Crippen LogP contribution in [-0.4, -0.2) is 9.97 Å². The standard InChI is InChI=1S/C28H36N2O/c1-3-5-7-9-11-24-16-18-26(19-17-24)27-20-30-28(21-29-27)31-22-25-14-12-23(13-15-25)10-8-6-4-2/h12-21H,3-11,22H2,1-2H3. The van der Waals surface area contributed by atoms with Crippen LogP contribution in [0.3, 0.4) is 0 Å². The molecule has 0 spiro atoms. The Morgan fingerprint density at radius 3 is 1.81 bits per heavy atom. The summed E-state index contributed by atoms with van der Waals surface area (Å²) in [5, 5.41) is 0. The number of nitrogens with zero attached hydrogens (tertiary/aromatic N) is 2. The molecule has 0 saturated carbocycles. The van der Waals surface area contributed by atoms with E-state index < -0.39 is 0 Å². The van der Waals surface area contributed by atoms with E-state index in [2.05, 4.69) is 72.3 Å². The fourth-order valence-corrected chi connectivity index (χ4v) is 3.68. The highest BCUT2D eigenvalue weighted by atomic mass is 16.5. The van der Waals surface area contributed by atoms with E-state index in [0.29, 0.717) is 12.5 Å². The van der Waals surface area contributed by atoms with Crippen molar-refractivity contribution in [3.05, 3.63) is 77.6 Å². The van der Waals surface area contributed by atoms with Gasteiger partial charge >= 0.3 is 0 Å². The first kappa shape index (κ1) is 23.0. The molecule has 31 heavy (non-hydrogen) atoms. The Labute approximate surface area is 187 Å². The minimum absolute atomic E-state index is 0.510. The van der Waals surface area contributed by atoms with Crippen molar-refractivity contribution >= 4 is 0 Å². The van der Waals surface area contributed by atoms with Gasteiger partial charge in [-0.15, -0.1) is 0 Å². The predicted octanol–water partition coefficient (Wildman–Crippen LogP) is 7.58. The molecule has 0 aliphatic heterocycles. The van der Waals surface area contributed by atoms with E-state index in [1.165, 1.54) is 56.1 Å². The van der Waals surface area contributed by atoms with Gasteiger partial charge in [-0.3, -0.25) is 0 Å². The Bertz CT molecular complexity index is 870. The molecule has 0 bridgehead atoms. The molecule has 0 aliphatic carbocycles. The van der Waals surface area contributed by atoms with Crippen LogP contribution >= 0.6 is 0 Å². The number of aromatic nitrogens is 2. The van der Waals surface area contributed by atoms with Crippen molar-refractivity contribution in [2.75, 3.05) is 0 Å². The van der Waals surface area contributed by atoms with Crippen molar-refractivity contribution in [2.24, 2.45) is 0 Å². The molecular weight excluding hydrogens is 380 g/mol. The lowest BCUT2D eigenvalue weighted by molar-refractivity contribution is 0.292. The topological polar surface area (TPSA) is 35.0 Å². The Hall–Kier alpha value is -2.68. The van der Waals surface area contributed by atoms with E-state index in [1.54, 1.807) is 12.4 Å². The largest absolute Gasteiger partial charge is 0.472 e. The second-order valence-electron chi connectivity index (χ2n) is 8.31. The van der Waals surface area contributed by atoms with Crippen LogP contribution in [0.2, 0.25) is 0 Å². The average Bonchev–Trinajstić information content (AvgIpc) is 2.82.